The summed E-state index contributed by atoms with van der Waals surface area (Å²) < 4.78 is 11.5. The average molecular weight is 498 g/mol. The zero-order valence-corrected chi connectivity index (χ0v) is 19.6. The number of rotatable bonds is 8. The molecule has 0 aliphatic carbocycles. The number of aliphatic carboxylic acids is 1. The van der Waals surface area contributed by atoms with Gasteiger partial charge in [-0.25, -0.2) is 0 Å². The predicted octanol–water partition coefficient (Wildman–Crippen LogP) is 4.48. The van der Waals surface area contributed by atoms with Crippen molar-refractivity contribution in [3.05, 3.63) is 70.7 Å². The maximum absolute atomic E-state index is 11.8. The zero-order chi connectivity index (χ0) is 24.1. The monoisotopic (exact) mass is 497 g/mol. The van der Waals surface area contributed by atoms with Crippen LogP contribution < -0.4 is 14.8 Å². The van der Waals surface area contributed by atoms with E-state index in [-0.39, 0.29) is 11.6 Å². The van der Waals surface area contributed by atoms with Crippen molar-refractivity contribution in [3.63, 3.8) is 0 Å². The molecule has 1 saturated heterocycles. The van der Waals surface area contributed by atoms with Crippen molar-refractivity contribution in [1.29, 1.82) is 0 Å². The fourth-order valence-electron chi connectivity index (χ4n) is 3.42. The standard InChI is InChI=1S/C24H20ClN3O5S/c1-32-19-10-14(12-26-28-24-27-23(31)20(34-24)11-21(29)30)9-18(25)22(19)33-13-16-7-4-6-15-5-2-3-8-17(15)16/h2-10,12,20H,11,13H2,1H3,(H,29,30)(H,27,28,31)/b26-12-/t20-/m1/s1. The Morgan fingerprint density at radius 1 is 1.24 bits per heavy atom. The molecule has 2 N–H and O–H groups in total. The van der Waals surface area contributed by atoms with Gasteiger partial charge in [-0.15, -0.1) is 5.10 Å². The van der Waals surface area contributed by atoms with Crippen LogP contribution in [0.15, 0.2) is 64.8 Å². The number of hydrogen-bond donors (Lipinski definition) is 2. The summed E-state index contributed by atoms with van der Waals surface area (Å²) in [5, 5.41) is 21.4. The number of hydrogen-bond acceptors (Lipinski definition) is 7. The number of ether oxygens (including phenoxy) is 2. The second-order valence-corrected chi connectivity index (χ2v) is 8.90. The first-order valence-corrected chi connectivity index (χ1v) is 11.5. The number of halogens is 1. The van der Waals surface area contributed by atoms with Gasteiger partial charge in [0, 0.05) is 5.56 Å². The number of carboxylic acid groups (broad SMARTS) is 1. The summed E-state index contributed by atoms with van der Waals surface area (Å²) in [6.45, 7) is 0.312. The predicted molar refractivity (Wildman–Crippen MR) is 133 cm³/mol. The van der Waals surface area contributed by atoms with Crippen LogP contribution in [0.2, 0.25) is 5.02 Å². The van der Waals surface area contributed by atoms with Crippen LogP contribution in [-0.4, -0.2) is 40.7 Å². The molecule has 1 heterocycles. The molecule has 1 fully saturated rings. The van der Waals surface area contributed by atoms with Gasteiger partial charge in [-0.1, -0.05) is 65.8 Å². The quantitative estimate of drug-likeness (QED) is 0.351. The third-order valence-electron chi connectivity index (χ3n) is 5.00. The zero-order valence-electron chi connectivity index (χ0n) is 18.0. The molecule has 0 unspecified atom stereocenters. The summed E-state index contributed by atoms with van der Waals surface area (Å²) in [6, 6.07) is 17.5. The van der Waals surface area contributed by atoms with Crippen LogP contribution in [0.1, 0.15) is 17.5 Å². The summed E-state index contributed by atoms with van der Waals surface area (Å²) in [7, 11) is 1.52. The van der Waals surface area contributed by atoms with Gasteiger partial charge in [0.2, 0.25) is 5.91 Å². The van der Waals surface area contributed by atoms with E-state index in [1.54, 1.807) is 12.1 Å². The molecule has 3 aromatic rings. The molecule has 34 heavy (non-hydrogen) atoms. The maximum atomic E-state index is 11.8. The molecule has 4 rings (SSSR count). The summed E-state index contributed by atoms with van der Waals surface area (Å²) in [6.07, 6.45) is 1.17. The number of carbonyl (C=O) groups is 2. The van der Waals surface area contributed by atoms with E-state index in [4.69, 9.17) is 26.2 Å². The molecule has 1 aliphatic heterocycles. The highest BCUT2D eigenvalue weighted by atomic mass is 35.5. The van der Waals surface area contributed by atoms with Crippen molar-refractivity contribution in [2.45, 2.75) is 18.3 Å². The molecule has 1 aliphatic rings. The highest BCUT2D eigenvalue weighted by molar-refractivity contribution is 8.15. The number of nitrogens with zero attached hydrogens (tertiary/aromatic N) is 2. The molecule has 0 saturated carbocycles. The number of thioether (sulfide) groups is 1. The van der Waals surface area contributed by atoms with Crippen molar-refractivity contribution in [3.8, 4) is 11.5 Å². The molecule has 10 heteroatoms. The minimum Gasteiger partial charge on any atom is -0.493 e. The molecule has 8 nitrogen and oxygen atoms in total. The Kier molecular flexibility index (Phi) is 7.34. The number of benzene rings is 3. The molecule has 174 valence electrons. The van der Waals surface area contributed by atoms with Crippen LogP contribution in [0.25, 0.3) is 10.8 Å². The van der Waals surface area contributed by atoms with E-state index in [0.717, 1.165) is 28.1 Å². The summed E-state index contributed by atoms with van der Waals surface area (Å²) in [5.41, 5.74) is 1.63. The normalized spacial score (nSPS) is 16.8. The van der Waals surface area contributed by atoms with Gasteiger partial charge in [-0.3, -0.25) is 9.59 Å². The topological polar surface area (TPSA) is 110 Å². The van der Waals surface area contributed by atoms with E-state index in [9.17, 15) is 9.59 Å². The lowest BCUT2D eigenvalue weighted by Crippen LogP contribution is -2.26. The molecule has 0 aromatic heterocycles. The highest BCUT2D eigenvalue weighted by Crippen LogP contribution is 2.37. The van der Waals surface area contributed by atoms with Crippen LogP contribution in [0.5, 0.6) is 11.5 Å². The SMILES string of the molecule is COc1cc(/C=N\N=C2\NC(=O)[C@@H](CC(=O)O)S2)cc(Cl)c1OCc1cccc2ccccc12. The van der Waals surface area contributed by atoms with Gasteiger partial charge in [-0.2, -0.15) is 5.10 Å². The first-order chi connectivity index (χ1) is 16.4. The van der Waals surface area contributed by atoms with E-state index in [1.165, 1.54) is 13.3 Å². The number of nitrogens with one attached hydrogen (secondary N) is 1. The lowest BCUT2D eigenvalue weighted by atomic mass is 10.1. The fraction of sp³-hybridized carbons (Fsp3) is 0.167. The van der Waals surface area contributed by atoms with Crippen LogP contribution in [0.4, 0.5) is 0 Å². The highest BCUT2D eigenvalue weighted by Gasteiger charge is 2.32. The third-order valence-corrected chi connectivity index (χ3v) is 6.35. The molecule has 0 radical (unpaired) electrons. The minimum absolute atomic E-state index is 0.237. The van der Waals surface area contributed by atoms with Crippen molar-refractivity contribution >= 4 is 57.4 Å². The molecule has 0 bridgehead atoms. The molecule has 1 amide bonds. The second-order valence-electron chi connectivity index (χ2n) is 7.30. The van der Waals surface area contributed by atoms with E-state index in [1.807, 2.05) is 42.5 Å². The average Bonchev–Trinajstić information content (AvgIpc) is 3.16. The largest absolute Gasteiger partial charge is 0.493 e. The lowest BCUT2D eigenvalue weighted by molar-refractivity contribution is -0.138. The van der Waals surface area contributed by atoms with Gasteiger partial charge in [0.15, 0.2) is 16.7 Å². The van der Waals surface area contributed by atoms with Crippen LogP contribution >= 0.6 is 23.4 Å². The first kappa shape index (κ1) is 23.6. The van der Waals surface area contributed by atoms with Gasteiger partial charge < -0.3 is 19.9 Å². The maximum Gasteiger partial charge on any atom is 0.305 e. The number of methoxy groups -OCH3 is 1. The van der Waals surface area contributed by atoms with E-state index < -0.39 is 17.1 Å². The van der Waals surface area contributed by atoms with Crippen molar-refractivity contribution in [1.82, 2.24) is 5.32 Å². The van der Waals surface area contributed by atoms with E-state index in [0.29, 0.717) is 28.7 Å². The Bertz CT molecular complexity index is 1310. The summed E-state index contributed by atoms with van der Waals surface area (Å²) in [5.74, 6) is -0.608. The molecule has 3 aromatic carbocycles. The van der Waals surface area contributed by atoms with Crippen molar-refractivity contribution in [2.24, 2.45) is 10.2 Å². The van der Waals surface area contributed by atoms with Gasteiger partial charge >= 0.3 is 5.97 Å². The number of carboxylic acids is 1. The van der Waals surface area contributed by atoms with E-state index >= 15 is 0 Å². The van der Waals surface area contributed by atoms with E-state index in [2.05, 4.69) is 15.5 Å². The van der Waals surface area contributed by atoms with Gasteiger partial charge in [0.1, 0.15) is 11.9 Å². The van der Waals surface area contributed by atoms with Crippen molar-refractivity contribution in [2.75, 3.05) is 7.11 Å². The van der Waals surface area contributed by atoms with Gasteiger partial charge in [0.05, 0.1) is 24.8 Å². The summed E-state index contributed by atoms with van der Waals surface area (Å²) in [4.78, 5) is 22.6. The minimum atomic E-state index is -1.05. The number of amidine groups is 1. The number of fused-ring (bicyclic) bond motifs is 1. The van der Waals surface area contributed by atoms with Crippen LogP contribution in [0.3, 0.4) is 0 Å². The Morgan fingerprint density at radius 2 is 2.03 bits per heavy atom. The Balaban J connectivity index is 1.48. The molecule has 1 atom stereocenters. The van der Waals surface area contributed by atoms with Gasteiger partial charge in [-0.05, 0) is 28.5 Å². The molecular formula is C24H20ClN3O5S. The van der Waals surface area contributed by atoms with Gasteiger partial charge in [0.25, 0.3) is 0 Å². The first-order valence-electron chi connectivity index (χ1n) is 10.2. The smallest absolute Gasteiger partial charge is 0.305 e. The molecule has 0 spiro atoms. The van der Waals surface area contributed by atoms with Crippen LogP contribution in [-0.2, 0) is 16.2 Å². The second kappa shape index (κ2) is 10.6. The third kappa shape index (κ3) is 5.49. The summed E-state index contributed by atoms with van der Waals surface area (Å²) >= 11 is 7.50. The Labute approximate surface area is 204 Å². The Hall–Kier alpha value is -3.56. The Morgan fingerprint density at radius 3 is 2.82 bits per heavy atom. The fourth-order valence-corrected chi connectivity index (χ4v) is 4.60. The van der Waals surface area contributed by atoms with Crippen molar-refractivity contribution < 1.29 is 24.2 Å². The molecular weight excluding hydrogens is 478 g/mol. The lowest BCUT2D eigenvalue weighted by Gasteiger charge is -2.14. The number of amides is 1. The number of carbonyl (C=O) groups excluding carboxylic acids is 1. The van der Waals surface area contributed by atoms with Crippen LogP contribution in [0, 0.1) is 0 Å².